The zero-order chi connectivity index (χ0) is 83.8. The van der Waals surface area contributed by atoms with Crippen LogP contribution in [0.15, 0.2) is 473 Å². The van der Waals surface area contributed by atoms with Gasteiger partial charge in [-0.15, -0.1) is 0 Å². The molecule has 24 rings (SSSR count). The van der Waals surface area contributed by atoms with Crippen molar-refractivity contribution in [2.75, 3.05) is 9.80 Å². The summed E-state index contributed by atoms with van der Waals surface area (Å²) in [5.74, 6) is -0.000176. The maximum Gasteiger partial charge on any atom is 0.0714 e. The normalized spacial score (nSPS) is 14.3. The van der Waals surface area contributed by atoms with Crippen molar-refractivity contribution < 1.29 is 0 Å². The Morgan fingerprint density at radius 3 is 0.889 bits per heavy atom. The number of benzene rings is 20. The molecule has 594 valence electrons. The van der Waals surface area contributed by atoms with Crippen molar-refractivity contribution in [3.8, 4) is 66.8 Å². The Morgan fingerprint density at radius 2 is 0.484 bits per heavy atom. The van der Waals surface area contributed by atoms with Gasteiger partial charge in [0.15, 0.2) is 0 Å². The van der Waals surface area contributed by atoms with Crippen molar-refractivity contribution in [3.63, 3.8) is 0 Å². The van der Waals surface area contributed by atoms with Gasteiger partial charge < -0.3 is 9.80 Å². The van der Waals surface area contributed by atoms with Gasteiger partial charge in [0.2, 0.25) is 0 Å². The second-order valence-corrected chi connectivity index (χ2v) is 35.5. The van der Waals surface area contributed by atoms with Gasteiger partial charge in [-0.25, -0.2) is 0 Å². The van der Waals surface area contributed by atoms with E-state index in [1.54, 1.807) is 0 Å². The van der Waals surface area contributed by atoms with E-state index in [1.165, 1.54) is 134 Å². The zero-order valence-corrected chi connectivity index (χ0v) is 70.5. The molecule has 20 aromatic carbocycles. The lowest BCUT2D eigenvalue weighted by molar-refractivity contribution is 0.590. The van der Waals surface area contributed by atoms with E-state index in [0.29, 0.717) is 0 Å². The van der Waals surface area contributed by atoms with E-state index in [1.807, 2.05) is 0 Å². The largest absolute Gasteiger partial charge is 0.310 e. The third-order valence-corrected chi connectivity index (χ3v) is 28.1. The maximum atomic E-state index is 2.60. The molecule has 0 radical (unpaired) electrons. The second-order valence-electron chi connectivity index (χ2n) is 35.5. The quantitative estimate of drug-likeness (QED) is 0.0944. The molecule has 0 bridgehead atoms. The van der Waals surface area contributed by atoms with Crippen LogP contribution in [-0.4, -0.2) is 0 Å². The summed E-state index contributed by atoms with van der Waals surface area (Å²) in [6.45, 7) is 6.95. The van der Waals surface area contributed by atoms with E-state index in [4.69, 9.17) is 0 Å². The summed E-state index contributed by atoms with van der Waals surface area (Å²) in [5.41, 5.74) is 38.9. The van der Waals surface area contributed by atoms with E-state index in [9.17, 15) is 0 Å². The molecule has 0 saturated heterocycles. The molecule has 0 amide bonds. The number of fused-ring (bicyclic) bond motifs is 14. The number of para-hydroxylation sites is 1. The first-order chi connectivity index (χ1) is 62.1. The van der Waals surface area contributed by atoms with Gasteiger partial charge in [0.1, 0.15) is 0 Å². The highest BCUT2D eigenvalue weighted by Gasteiger charge is 2.50. The molecule has 1 unspecified atom stereocenters. The molecule has 4 aliphatic rings. The Hall–Kier alpha value is -15.5. The summed E-state index contributed by atoms with van der Waals surface area (Å²) in [7, 11) is 0. The lowest BCUT2D eigenvalue weighted by Crippen LogP contribution is -2.28. The fourth-order valence-electron chi connectivity index (χ4n) is 22.8. The third kappa shape index (κ3) is 11.2. The van der Waals surface area contributed by atoms with Crippen LogP contribution in [0.3, 0.4) is 0 Å². The molecule has 20 aromatic rings. The topological polar surface area (TPSA) is 6.48 Å². The predicted octanol–water partition coefficient (Wildman–Crippen LogP) is 31.8. The first-order valence-corrected chi connectivity index (χ1v) is 44.3. The molecular weight excluding hydrogens is 1520 g/mol. The summed E-state index contributed by atoms with van der Waals surface area (Å²) >= 11 is 0. The Bertz CT molecular complexity index is 7530. The number of hydrogen-bond donors (Lipinski definition) is 0. The van der Waals surface area contributed by atoms with Crippen molar-refractivity contribution in [1.82, 2.24) is 0 Å². The van der Waals surface area contributed by atoms with Crippen molar-refractivity contribution in [3.05, 3.63) is 562 Å². The highest BCUT2D eigenvalue weighted by molar-refractivity contribution is 6.23. The Balaban J connectivity index is 0.818. The lowest BCUT2D eigenvalue weighted by Gasteiger charge is -2.35. The van der Waals surface area contributed by atoms with Crippen LogP contribution in [0.25, 0.3) is 88.3 Å². The van der Waals surface area contributed by atoms with Crippen LogP contribution < -0.4 is 9.80 Å². The van der Waals surface area contributed by atoms with Crippen molar-refractivity contribution in [2.24, 2.45) is 0 Å². The Morgan fingerprint density at radius 1 is 0.198 bits per heavy atom. The number of rotatable bonds is 15. The van der Waals surface area contributed by atoms with Gasteiger partial charge >= 0.3 is 0 Å². The minimum Gasteiger partial charge on any atom is -0.310 e. The summed E-state index contributed by atoms with van der Waals surface area (Å²) in [6.07, 6.45) is 0. The van der Waals surface area contributed by atoms with Crippen molar-refractivity contribution in [2.45, 2.75) is 48.3 Å². The summed E-state index contributed by atoms with van der Waals surface area (Å²) in [4.78, 5) is 5.07. The van der Waals surface area contributed by atoms with Gasteiger partial charge in [0.25, 0.3) is 0 Å². The third-order valence-electron chi connectivity index (χ3n) is 28.1. The lowest BCUT2D eigenvalue weighted by atomic mass is 9.67. The van der Waals surface area contributed by atoms with Gasteiger partial charge in [-0.3, -0.25) is 0 Å². The van der Waals surface area contributed by atoms with Gasteiger partial charge in [0.05, 0.1) is 16.2 Å². The molecule has 0 aliphatic heterocycles. The second kappa shape index (κ2) is 29.4. The predicted molar refractivity (Wildman–Crippen MR) is 525 cm³/mol. The van der Waals surface area contributed by atoms with E-state index >= 15 is 0 Å². The van der Waals surface area contributed by atoms with E-state index < -0.39 is 16.2 Å². The molecule has 1 atom stereocenters. The molecule has 2 heteroatoms. The summed E-state index contributed by atoms with van der Waals surface area (Å²) in [6, 6.07) is 180. The SMILES string of the molecule is CC(C)(C)c1ccc(N(c2ccc3c(c2)C(c2ccccc2)(c2ccccc2)c2ccccc2-3)c2ccc3c(-c4ccc5c(c4)C(c4ccccc4)(c4ccccc4)c4ccccc4-5)c4cc(N(c5ccccc5)c5ccc6c(c5)C(c5ccccc5)(c5ccccc5)c5ccccc5-6)ccc4c(-c4ccc5c(c4)C(c4ccccc4)c4ccccc4-5)c3c2)cc1. The number of anilines is 6. The number of hydrogen-bond acceptors (Lipinski definition) is 2. The molecule has 2 nitrogen and oxygen atoms in total. The summed E-state index contributed by atoms with van der Waals surface area (Å²) < 4.78 is 0. The molecule has 0 saturated carbocycles. The van der Waals surface area contributed by atoms with Gasteiger partial charge in [-0.05, 0) is 268 Å². The standard InChI is InChI=1S/C124H88N2/c1-121(2,3)85-62-64-93(65-63-85)126(97-67-73-105-102-55-32-35-59-114(102)124(117(105)81-97,90-46-22-9-23-47-90)91-48-24-10-25-49-91)95-69-75-108-110(79-95)119(83-60-70-99-98-52-28-29-56-106(98)118(109(99)76-83)82-36-12-4-13-37-82)107-74-68-94(78-111(107)120(108)84-61-71-103-100-53-30-33-57-112(100)122(115(103)77-84,86-38-14-5-15-39-86)87-40-16-6-17-41-87)125(92-50-26-11-27-51-92)96-66-72-104-101-54-31-34-58-113(101)123(116(104)80-96,88-42-18-7-19-43-88)89-44-20-8-21-45-89/h4-81,118H,1-3H3. The monoisotopic (exact) mass is 1600 g/mol. The average molecular weight is 1610 g/mol. The van der Waals surface area contributed by atoms with Gasteiger partial charge in [-0.1, -0.05) is 409 Å². The van der Waals surface area contributed by atoms with Gasteiger partial charge in [-0.2, -0.15) is 0 Å². The molecule has 0 aromatic heterocycles. The molecule has 126 heavy (non-hydrogen) atoms. The van der Waals surface area contributed by atoms with E-state index in [2.05, 4.69) is 504 Å². The fraction of sp³-hybridized carbons (Fsp3) is 0.0645. The maximum absolute atomic E-state index is 2.60. The van der Waals surface area contributed by atoms with Crippen LogP contribution in [-0.2, 0) is 21.7 Å². The van der Waals surface area contributed by atoms with Crippen LogP contribution in [0.5, 0.6) is 0 Å². The molecule has 0 spiro atoms. The van der Waals surface area contributed by atoms with E-state index in [-0.39, 0.29) is 11.3 Å². The molecular formula is C124H88N2. The molecule has 0 N–H and O–H groups in total. The van der Waals surface area contributed by atoms with Crippen LogP contribution in [0.2, 0.25) is 0 Å². The molecule has 4 aliphatic carbocycles. The van der Waals surface area contributed by atoms with E-state index in [0.717, 1.165) is 77.9 Å². The number of nitrogens with zero attached hydrogens (tertiary/aromatic N) is 2. The minimum absolute atomic E-state index is 0.000176. The van der Waals surface area contributed by atoms with Crippen molar-refractivity contribution in [1.29, 1.82) is 0 Å². The smallest absolute Gasteiger partial charge is 0.0714 e. The van der Waals surface area contributed by atoms with Crippen LogP contribution in [0.4, 0.5) is 34.1 Å². The highest BCUT2D eigenvalue weighted by Crippen LogP contribution is 2.63. The molecule has 0 heterocycles. The Labute approximate surface area is 737 Å². The van der Waals surface area contributed by atoms with Crippen LogP contribution >= 0.6 is 0 Å². The average Bonchev–Trinajstić information content (AvgIpc) is 1.48. The summed E-state index contributed by atoms with van der Waals surface area (Å²) in [5, 5.41) is 4.55. The van der Waals surface area contributed by atoms with Gasteiger partial charge in [0, 0.05) is 40.0 Å². The molecule has 0 fully saturated rings. The van der Waals surface area contributed by atoms with Crippen molar-refractivity contribution >= 4 is 55.7 Å². The van der Waals surface area contributed by atoms with Crippen LogP contribution in [0, 0.1) is 0 Å². The highest BCUT2D eigenvalue weighted by atomic mass is 15.1. The first-order valence-electron chi connectivity index (χ1n) is 44.3. The fourth-order valence-corrected chi connectivity index (χ4v) is 22.8. The van der Waals surface area contributed by atoms with Crippen LogP contribution in [0.1, 0.15) is 116 Å². The first kappa shape index (κ1) is 74.4. The minimum atomic E-state index is -0.684. The Kier molecular flexibility index (Phi) is 17.3. The zero-order valence-electron chi connectivity index (χ0n) is 70.5.